The molecule has 0 aliphatic carbocycles. The summed E-state index contributed by atoms with van der Waals surface area (Å²) in [5.41, 5.74) is 4.64. The van der Waals surface area contributed by atoms with Crippen molar-refractivity contribution in [1.29, 1.82) is 0 Å². The van der Waals surface area contributed by atoms with E-state index in [0.29, 0.717) is 28.5 Å². The van der Waals surface area contributed by atoms with Crippen molar-refractivity contribution in [3.8, 4) is 34.3 Å². The van der Waals surface area contributed by atoms with Gasteiger partial charge in [-0.05, 0) is 48.0 Å². The summed E-state index contributed by atoms with van der Waals surface area (Å²) >= 11 is 0. The SMILES string of the molecule is COc1cc(/C=N/NC(=O)c2cc(-c3ccc(OC)c(OC)c3)n[nH]2)ccc1O. The second-order valence-electron chi connectivity index (χ2n) is 5.87. The number of phenols is 1. The van der Waals surface area contributed by atoms with Gasteiger partial charge in [-0.1, -0.05) is 0 Å². The van der Waals surface area contributed by atoms with Gasteiger partial charge in [0.15, 0.2) is 23.0 Å². The van der Waals surface area contributed by atoms with E-state index in [1.165, 1.54) is 19.4 Å². The zero-order chi connectivity index (χ0) is 20.8. The van der Waals surface area contributed by atoms with Crippen LogP contribution >= 0.6 is 0 Å². The summed E-state index contributed by atoms with van der Waals surface area (Å²) in [6, 6.07) is 11.7. The van der Waals surface area contributed by atoms with Gasteiger partial charge in [0.25, 0.3) is 5.91 Å². The molecule has 0 saturated heterocycles. The molecule has 0 radical (unpaired) electrons. The number of amides is 1. The Hall–Kier alpha value is -4.01. The van der Waals surface area contributed by atoms with Crippen molar-refractivity contribution in [1.82, 2.24) is 15.6 Å². The minimum atomic E-state index is -0.453. The molecule has 0 unspecified atom stereocenters. The third-order valence-corrected chi connectivity index (χ3v) is 4.09. The summed E-state index contributed by atoms with van der Waals surface area (Å²) in [7, 11) is 4.56. The van der Waals surface area contributed by atoms with E-state index in [1.54, 1.807) is 44.6 Å². The molecule has 0 aliphatic rings. The molecule has 2 aromatic carbocycles. The number of carbonyl (C=O) groups is 1. The van der Waals surface area contributed by atoms with Crippen LogP contribution in [0.1, 0.15) is 16.1 Å². The topological polar surface area (TPSA) is 118 Å². The summed E-state index contributed by atoms with van der Waals surface area (Å²) in [6.07, 6.45) is 1.44. The van der Waals surface area contributed by atoms with E-state index in [9.17, 15) is 9.90 Å². The van der Waals surface area contributed by atoms with Crippen LogP contribution in [0.5, 0.6) is 23.0 Å². The van der Waals surface area contributed by atoms with Gasteiger partial charge >= 0.3 is 0 Å². The third-order valence-electron chi connectivity index (χ3n) is 4.09. The molecule has 0 bridgehead atoms. The fourth-order valence-electron chi connectivity index (χ4n) is 2.58. The third kappa shape index (κ3) is 4.46. The highest BCUT2D eigenvalue weighted by Crippen LogP contribution is 2.31. The van der Waals surface area contributed by atoms with Gasteiger partial charge in [-0.15, -0.1) is 0 Å². The Morgan fingerprint density at radius 2 is 1.79 bits per heavy atom. The van der Waals surface area contributed by atoms with E-state index < -0.39 is 5.91 Å². The lowest BCUT2D eigenvalue weighted by Gasteiger charge is -2.08. The molecule has 0 aliphatic heterocycles. The number of benzene rings is 2. The lowest BCUT2D eigenvalue weighted by molar-refractivity contribution is 0.0950. The largest absolute Gasteiger partial charge is 0.504 e. The molecule has 9 nitrogen and oxygen atoms in total. The van der Waals surface area contributed by atoms with Crippen molar-refractivity contribution < 1.29 is 24.1 Å². The highest BCUT2D eigenvalue weighted by Gasteiger charge is 2.12. The number of H-pyrrole nitrogens is 1. The predicted molar refractivity (Wildman–Crippen MR) is 107 cm³/mol. The number of aromatic nitrogens is 2. The van der Waals surface area contributed by atoms with Crippen LogP contribution < -0.4 is 19.6 Å². The number of aromatic amines is 1. The van der Waals surface area contributed by atoms with Crippen molar-refractivity contribution in [3.05, 3.63) is 53.7 Å². The zero-order valence-corrected chi connectivity index (χ0v) is 16.1. The van der Waals surface area contributed by atoms with Crippen LogP contribution in [0, 0.1) is 0 Å². The van der Waals surface area contributed by atoms with E-state index in [1.807, 2.05) is 6.07 Å². The van der Waals surface area contributed by atoms with Crippen LogP contribution in [0.3, 0.4) is 0 Å². The molecule has 1 heterocycles. The monoisotopic (exact) mass is 396 g/mol. The minimum Gasteiger partial charge on any atom is -0.504 e. The number of phenolic OH excluding ortho intramolecular Hbond substituents is 1. The van der Waals surface area contributed by atoms with Crippen molar-refractivity contribution >= 4 is 12.1 Å². The van der Waals surface area contributed by atoms with Gasteiger partial charge in [0.1, 0.15) is 5.69 Å². The Kier molecular flexibility index (Phi) is 5.98. The fraction of sp³-hybridized carbons (Fsp3) is 0.150. The summed E-state index contributed by atoms with van der Waals surface area (Å²) in [4.78, 5) is 12.3. The molecule has 150 valence electrons. The van der Waals surface area contributed by atoms with Crippen molar-refractivity contribution in [2.75, 3.05) is 21.3 Å². The van der Waals surface area contributed by atoms with Gasteiger partial charge in [0.05, 0.1) is 33.2 Å². The van der Waals surface area contributed by atoms with Crippen LogP contribution in [0.4, 0.5) is 0 Å². The molecule has 29 heavy (non-hydrogen) atoms. The molecular formula is C20H20N4O5. The smallest absolute Gasteiger partial charge is 0.289 e. The van der Waals surface area contributed by atoms with Gasteiger partial charge in [0.2, 0.25) is 0 Å². The highest BCUT2D eigenvalue weighted by molar-refractivity contribution is 5.94. The van der Waals surface area contributed by atoms with E-state index in [2.05, 4.69) is 20.7 Å². The Morgan fingerprint density at radius 1 is 1.03 bits per heavy atom. The summed E-state index contributed by atoms with van der Waals surface area (Å²) in [5.74, 6) is 1.05. The predicted octanol–water partition coefficient (Wildman–Crippen LogP) is 2.57. The van der Waals surface area contributed by atoms with Crippen LogP contribution in [0.15, 0.2) is 47.6 Å². The minimum absolute atomic E-state index is 0.0221. The maximum absolute atomic E-state index is 12.3. The average Bonchev–Trinajstić information content (AvgIpc) is 3.24. The Morgan fingerprint density at radius 3 is 2.52 bits per heavy atom. The molecule has 3 aromatic rings. The number of carbonyl (C=O) groups excluding carboxylic acids is 1. The van der Waals surface area contributed by atoms with E-state index in [4.69, 9.17) is 14.2 Å². The molecule has 9 heteroatoms. The highest BCUT2D eigenvalue weighted by atomic mass is 16.5. The van der Waals surface area contributed by atoms with Crippen molar-refractivity contribution in [2.24, 2.45) is 5.10 Å². The quantitative estimate of drug-likeness (QED) is 0.417. The first kappa shape index (κ1) is 19.7. The Balaban J connectivity index is 1.69. The van der Waals surface area contributed by atoms with Gasteiger partial charge in [-0.3, -0.25) is 9.89 Å². The van der Waals surface area contributed by atoms with Crippen LogP contribution in [-0.2, 0) is 0 Å². The molecule has 0 fully saturated rings. The number of hydrogen-bond acceptors (Lipinski definition) is 7. The first-order valence-corrected chi connectivity index (χ1v) is 8.54. The molecule has 3 N–H and O–H groups in total. The fourth-order valence-corrected chi connectivity index (χ4v) is 2.58. The van der Waals surface area contributed by atoms with Crippen molar-refractivity contribution in [2.45, 2.75) is 0 Å². The average molecular weight is 396 g/mol. The summed E-state index contributed by atoms with van der Waals surface area (Å²) in [5, 5.41) is 20.3. The van der Waals surface area contributed by atoms with Gasteiger partial charge in [-0.25, -0.2) is 5.43 Å². The van der Waals surface area contributed by atoms with Gasteiger partial charge < -0.3 is 19.3 Å². The number of ether oxygens (including phenoxy) is 3. The molecule has 3 rings (SSSR count). The standard InChI is InChI=1S/C20H20N4O5/c1-27-17-7-5-13(9-19(17)29-3)14-10-15(23-22-14)20(26)24-21-11-12-4-6-16(25)18(8-12)28-2/h4-11,25H,1-3H3,(H,22,23)(H,24,26)/b21-11+. The van der Waals surface area contributed by atoms with Crippen LogP contribution in [0.2, 0.25) is 0 Å². The number of hydrazone groups is 1. The summed E-state index contributed by atoms with van der Waals surface area (Å²) < 4.78 is 15.5. The van der Waals surface area contributed by atoms with Crippen molar-refractivity contribution in [3.63, 3.8) is 0 Å². The number of methoxy groups -OCH3 is 3. The maximum Gasteiger partial charge on any atom is 0.289 e. The molecule has 1 aromatic heterocycles. The first-order valence-electron chi connectivity index (χ1n) is 8.54. The van der Waals surface area contributed by atoms with Gasteiger partial charge in [-0.2, -0.15) is 10.2 Å². The van der Waals surface area contributed by atoms with Crippen LogP contribution in [-0.4, -0.2) is 48.8 Å². The Bertz CT molecular complexity index is 1050. The number of nitrogens with zero attached hydrogens (tertiary/aromatic N) is 2. The van der Waals surface area contributed by atoms with E-state index in [-0.39, 0.29) is 11.4 Å². The maximum atomic E-state index is 12.3. The molecular weight excluding hydrogens is 376 g/mol. The second-order valence-corrected chi connectivity index (χ2v) is 5.87. The Labute approximate surface area is 166 Å². The number of rotatable bonds is 7. The summed E-state index contributed by atoms with van der Waals surface area (Å²) in [6.45, 7) is 0. The lowest BCUT2D eigenvalue weighted by Crippen LogP contribution is -2.18. The normalized spacial score (nSPS) is 10.7. The molecule has 0 saturated carbocycles. The van der Waals surface area contributed by atoms with E-state index >= 15 is 0 Å². The molecule has 1 amide bonds. The zero-order valence-electron chi connectivity index (χ0n) is 16.1. The molecule has 0 atom stereocenters. The number of hydrogen-bond donors (Lipinski definition) is 3. The van der Waals surface area contributed by atoms with E-state index in [0.717, 1.165) is 5.56 Å². The second kappa shape index (κ2) is 8.79. The number of aromatic hydroxyl groups is 1. The number of nitrogens with one attached hydrogen (secondary N) is 2. The van der Waals surface area contributed by atoms with Gasteiger partial charge in [0, 0.05) is 5.56 Å². The lowest BCUT2D eigenvalue weighted by atomic mass is 10.1. The van der Waals surface area contributed by atoms with Crippen LogP contribution in [0.25, 0.3) is 11.3 Å². The first-order chi connectivity index (χ1) is 14.0. The molecule has 0 spiro atoms.